The number of aliphatic imine (C=N–C) groups is 1. The van der Waals surface area contributed by atoms with E-state index in [1.807, 2.05) is 44.4 Å². The first-order valence-electron chi connectivity index (χ1n) is 11.2. The number of aliphatic hydroxyl groups is 1. The Hall–Kier alpha value is -2.62. The third-order valence-electron chi connectivity index (χ3n) is 5.37. The van der Waals surface area contributed by atoms with E-state index in [0.717, 1.165) is 56.3 Å². The molecule has 3 rings (SSSR count). The van der Waals surface area contributed by atoms with Crippen molar-refractivity contribution in [2.24, 2.45) is 12.0 Å². The number of nitrogens with zero attached hydrogens (tertiary/aromatic N) is 4. The number of guanidine groups is 1. The molecule has 0 bridgehead atoms. The molecule has 9 nitrogen and oxygen atoms in total. The average Bonchev–Trinajstić information content (AvgIpc) is 3.24. The second kappa shape index (κ2) is 11.8. The van der Waals surface area contributed by atoms with Gasteiger partial charge in [-0.05, 0) is 31.5 Å². The highest BCUT2D eigenvalue weighted by atomic mass is 16.5. The topological polar surface area (TPSA) is 96.2 Å². The zero-order chi connectivity index (χ0) is 22.8. The summed E-state index contributed by atoms with van der Waals surface area (Å²) in [6.07, 6.45) is 3.49. The van der Waals surface area contributed by atoms with Gasteiger partial charge in [-0.15, -0.1) is 0 Å². The van der Waals surface area contributed by atoms with E-state index in [-0.39, 0.29) is 0 Å². The number of aryl methyl sites for hydroxylation is 1. The Labute approximate surface area is 190 Å². The van der Waals surface area contributed by atoms with Crippen molar-refractivity contribution in [3.8, 4) is 5.75 Å². The molecule has 1 fully saturated rings. The zero-order valence-corrected chi connectivity index (χ0v) is 19.4. The molecule has 1 aromatic heterocycles. The summed E-state index contributed by atoms with van der Waals surface area (Å²) in [4.78, 5) is 7.02. The van der Waals surface area contributed by atoms with Crippen LogP contribution in [0.3, 0.4) is 0 Å². The van der Waals surface area contributed by atoms with Crippen LogP contribution in [0.15, 0.2) is 41.7 Å². The van der Waals surface area contributed by atoms with Crippen molar-refractivity contribution in [2.45, 2.75) is 26.0 Å². The standard InChI is InChI=1S/C23H36N6O3/c1-4-24-22(26-18-23(2,30)20-16-27-28(3)17-20)25-15-19-6-5-7-21(14-19)32-13-10-29-8-11-31-12-9-29/h5-7,14,16-17,30H,4,8-13,15,18H2,1-3H3,(H2,24,25,26). The van der Waals surface area contributed by atoms with Crippen LogP contribution in [0.5, 0.6) is 5.75 Å². The van der Waals surface area contributed by atoms with Crippen molar-refractivity contribution in [3.05, 3.63) is 47.8 Å². The Bertz CT molecular complexity index is 861. The molecular formula is C23H36N6O3. The number of hydrogen-bond donors (Lipinski definition) is 3. The van der Waals surface area contributed by atoms with E-state index < -0.39 is 5.60 Å². The summed E-state index contributed by atoms with van der Waals surface area (Å²) < 4.78 is 13.0. The van der Waals surface area contributed by atoms with E-state index in [2.05, 4.69) is 25.6 Å². The molecule has 0 amide bonds. The normalized spacial score (nSPS) is 17.1. The maximum atomic E-state index is 10.8. The van der Waals surface area contributed by atoms with Crippen LogP contribution in [-0.2, 0) is 23.9 Å². The number of rotatable bonds is 10. The van der Waals surface area contributed by atoms with Gasteiger partial charge in [0.25, 0.3) is 0 Å². The SMILES string of the molecule is CCNC(=NCc1cccc(OCCN2CCOCC2)c1)NCC(C)(O)c1cnn(C)c1. The Balaban J connectivity index is 1.52. The predicted octanol–water partition coefficient (Wildman–Crippen LogP) is 1.09. The largest absolute Gasteiger partial charge is 0.492 e. The van der Waals surface area contributed by atoms with Gasteiger partial charge in [-0.3, -0.25) is 9.58 Å². The summed E-state index contributed by atoms with van der Waals surface area (Å²) in [6, 6.07) is 8.02. The maximum absolute atomic E-state index is 10.8. The number of benzene rings is 1. The first-order chi connectivity index (χ1) is 15.5. The summed E-state index contributed by atoms with van der Waals surface area (Å²) in [5.41, 5.74) is 0.758. The molecule has 176 valence electrons. The Kier molecular flexibility index (Phi) is 8.90. The van der Waals surface area contributed by atoms with Crippen LogP contribution in [0.25, 0.3) is 0 Å². The molecule has 3 N–H and O–H groups in total. The lowest BCUT2D eigenvalue weighted by molar-refractivity contribution is 0.0322. The molecule has 2 heterocycles. The summed E-state index contributed by atoms with van der Waals surface area (Å²) in [6.45, 7) is 10.4. The smallest absolute Gasteiger partial charge is 0.191 e. The molecule has 0 radical (unpaired) electrons. The van der Waals surface area contributed by atoms with E-state index >= 15 is 0 Å². The van der Waals surface area contributed by atoms with Gasteiger partial charge in [0, 0.05) is 45.0 Å². The number of aromatic nitrogens is 2. The van der Waals surface area contributed by atoms with Gasteiger partial charge in [0.15, 0.2) is 5.96 Å². The van der Waals surface area contributed by atoms with Gasteiger partial charge < -0.3 is 25.2 Å². The van der Waals surface area contributed by atoms with E-state index in [9.17, 15) is 5.11 Å². The van der Waals surface area contributed by atoms with Gasteiger partial charge in [0.05, 0.1) is 32.5 Å². The third-order valence-corrected chi connectivity index (χ3v) is 5.37. The van der Waals surface area contributed by atoms with Crippen molar-refractivity contribution < 1.29 is 14.6 Å². The monoisotopic (exact) mass is 444 g/mol. The first-order valence-corrected chi connectivity index (χ1v) is 11.2. The van der Waals surface area contributed by atoms with Crippen molar-refractivity contribution >= 4 is 5.96 Å². The molecule has 0 aliphatic carbocycles. The summed E-state index contributed by atoms with van der Waals surface area (Å²) in [5, 5.41) is 21.4. The molecule has 9 heteroatoms. The van der Waals surface area contributed by atoms with E-state index in [1.165, 1.54) is 0 Å². The second-order valence-corrected chi connectivity index (χ2v) is 8.18. The minimum Gasteiger partial charge on any atom is -0.492 e. The number of nitrogens with one attached hydrogen (secondary N) is 2. The van der Waals surface area contributed by atoms with Gasteiger partial charge in [0.2, 0.25) is 0 Å². The lowest BCUT2D eigenvalue weighted by Gasteiger charge is -2.26. The predicted molar refractivity (Wildman–Crippen MR) is 125 cm³/mol. The van der Waals surface area contributed by atoms with Gasteiger partial charge in [0.1, 0.15) is 18.0 Å². The maximum Gasteiger partial charge on any atom is 0.191 e. The molecule has 2 aromatic rings. The Morgan fingerprint density at radius 1 is 1.31 bits per heavy atom. The first kappa shape index (κ1) is 24.0. The highest BCUT2D eigenvalue weighted by molar-refractivity contribution is 5.79. The second-order valence-electron chi connectivity index (χ2n) is 8.18. The highest BCUT2D eigenvalue weighted by Gasteiger charge is 2.25. The van der Waals surface area contributed by atoms with Crippen LogP contribution >= 0.6 is 0 Å². The molecule has 1 aliphatic rings. The van der Waals surface area contributed by atoms with E-state index in [0.29, 0.717) is 25.7 Å². The van der Waals surface area contributed by atoms with Crippen LogP contribution in [0.1, 0.15) is 25.0 Å². The van der Waals surface area contributed by atoms with E-state index in [4.69, 9.17) is 9.47 Å². The summed E-state index contributed by atoms with van der Waals surface area (Å²) in [7, 11) is 1.83. The van der Waals surface area contributed by atoms with Crippen LogP contribution < -0.4 is 15.4 Å². The molecule has 0 saturated carbocycles. The average molecular weight is 445 g/mol. The Morgan fingerprint density at radius 2 is 2.12 bits per heavy atom. The molecule has 32 heavy (non-hydrogen) atoms. The lowest BCUT2D eigenvalue weighted by Crippen LogP contribution is -2.44. The zero-order valence-electron chi connectivity index (χ0n) is 19.4. The van der Waals surface area contributed by atoms with Crippen molar-refractivity contribution in [3.63, 3.8) is 0 Å². The number of ether oxygens (including phenoxy) is 2. The van der Waals surface area contributed by atoms with Crippen LogP contribution in [0.2, 0.25) is 0 Å². The number of hydrogen-bond acceptors (Lipinski definition) is 6. The van der Waals surface area contributed by atoms with Crippen LogP contribution in [0, 0.1) is 0 Å². The van der Waals surface area contributed by atoms with Crippen LogP contribution in [-0.4, -0.2) is 78.3 Å². The fourth-order valence-corrected chi connectivity index (χ4v) is 3.42. The van der Waals surface area contributed by atoms with Gasteiger partial charge in [-0.1, -0.05) is 12.1 Å². The molecule has 1 aliphatic heterocycles. The van der Waals surface area contributed by atoms with E-state index in [1.54, 1.807) is 17.8 Å². The highest BCUT2D eigenvalue weighted by Crippen LogP contribution is 2.18. The third kappa shape index (κ3) is 7.51. The molecule has 0 spiro atoms. The van der Waals surface area contributed by atoms with Crippen molar-refractivity contribution in [1.29, 1.82) is 0 Å². The van der Waals surface area contributed by atoms with Gasteiger partial charge in [-0.2, -0.15) is 5.10 Å². The summed E-state index contributed by atoms with van der Waals surface area (Å²) >= 11 is 0. The molecule has 1 saturated heterocycles. The Morgan fingerprint density at radius 3 is 2.84 bits per heavy atom. The van der Waals surface area contributed by atoms with Crippen molar-refractivity contribution in [1.82, 2.24) is 25.3 Å². The molecular weight excluding hydrogens is 408 g/mol. The number of morpholine rings is 1. The summed E-state index contributed by atoms with van der Waals surface area (Å²) in [5.74, 6) is 1.50. The lowest BCUT2D eigenvalue weighted by atomic mass is 10.00. The fourth-order valence-electron chi connectivity index (χ4n) is 3.42. The van der Waals surface area contributed by atoms with Gasteiger partial charge in [-0.25, -0.2) is 4.99 Å². The molecule has 1 atom stereocenters. The molecule has 1 unspecified atom stereocenters. The molecule has 1 aromatic carbocycles. The quantitative estimate of drug-likeness (QED) is 0.373. The minimum atomic E-state index is -1.06. The van der Waals surface area contributed by atoms with Crippen molar-refractivity contribution in [2.75, 3.05) is 52.5 Å². The van der Waals surface area contributed by atoms with Gasteiger partial charge >= 0.3 is 0 Å². The van der Waals surface area contributed by atoms with Crippen LogP contribution in [0.4, 0.5) is 0 Å². The minimum absolute atomic E-state index is 0.315. The fraction of sp³-hybridized carbons (Fsp3) is 0.565.